The van der Waals surface area contributed by atoms with Crippen molar-refractivity contribution in [2.45, 2.75) is 33.1 Å². The molecule has 0 aromatic heterocycles. The van der Waals surface area contributed by atoms with Gasteiger partial charge in [0.1, 0.15) is 0 Å². The van der Waals surface area contributed by atoms with Gasteiger partial charge in [0.25, 0.3) is 0 Å². The highest BCUT2D eigenvalue weighted by atomic mass is 16.5. The van der Waals surface area contributed by atoms with E-state index in [1.165, 1.54) is 24.8 Å². The highest BCUT2D eigenvalue weighted by Gasteiger charge is 2.10. The van der Waals surface area contributed by atoms with Crippen molar-refractivity contribution in [3.8, 4) is 0 Å². The summed E-state index contributed by atoms with van der Waals surface area (Å²) in [5, 5.41) is 0. The van der Waals surface area contributed by atoms with Crippen molar-refractivity contribution in [1.29, 1.82) is 0 Å². The zero-order chi connectivity index (χ0) is 7.40. The molecule has 0 amide bonds. The first-order valence-electron chi connectivity index (χ1n) is 4.12. The summed E-state index contributed by atoms with van der Waals surface area (Å²) in [7, 11) is 0. The van der Waals surface area contributed by atoms with Crippen LogP contribution in [-0.2, 0) is 4.74 Å². The molecule has 0 bridgehead atoms. The van der Waals surface area contributed by atoms with Gasteiger partial charge in [-0.25, -0.2) is 0 Å². The van der Waals surface area contributed by atoms with Gasteiger partial charge < -0.3 is 4.74 Å². The molecule has 10 heavy (non-hydrogen) atoms. The van der Waals surface area contributed by atoms with E-state index in [0.29, 0.717) is 5.92 Å². The van der Waals surface area contributed by atoms with Crippen LogP contribution in [0.4, 0.5) is 0 Å². The minimum Gasteiger partial charge on any atom is -0.501 e. The smallest absolute Gasteiger partial charge is 0.0898 e. The van der Waals surface area contributed by atoms with Crippen LogP contribution < -0.4 is 0 Å². The summed E-state index contributed by atoms with van der Waals surface area (Å²) in [5.74, 6) is 0.704. The monoisotopic (exact) mass is 140 g/mol. The molecule has 0 spiro atoms. The molecule has 0 aromatic carbocycles. The van der Waals surface area contributed by atoms with E-state index in [1.807, 2.05) is 6.26 Å². The van der Waals surface area contributed by atoms with Crippen molar-refractivity contribution >= 4 is 0 Å². The van der Waals surface area contributed by atoms with Gasteiger partial charge in [-0.3, -0.25) is 0 Å². The van der Waals surface area contributed by atoms with Gasteiger partial charge in [0.05, 0.1) is 12.9 Å². The number of rotatable bonds is 4. The molecule has 58 valence electrons. The Balaban J connectivity index is 1.98. The van der Waals surface area contributed by atoms with Gasteiger partial charge >= 0.3 is 0 Å². The lowest BCUT2D eigenvalue weighted by Crippen LogP contribution is -2.00. The third kappa shape index (κ3) is 2.90. The lowest BCUT2D eigenvalue weighted by Gasteiger charge is -2.06. The molecule has 1 heteroatoms. The fourth-order valence-electron chi connectivity index (χ4n) is 0.638. The molecule has 1 aliphatic carbocycles. The summed E-state index contributed by atoms with van der Waals surface area (Å²) in [4.78, 5) is 0. The standard InChI is InChI=1S/C9H16O/c1-3-8(2)6-10-7-9-4-5-9/h7-8H,3-6H2,1-2H3. The summed E-state index contributed by atoms with van der Waals surface area (Å²) in [5.41, 5.74) is 1.48. The maximum Gasteiger partial charge on any atom is 0.0898 e. The Morgan fingerprint density at radius 1 is 1.60 bits per heavy atom. The van der Waals surface area contributed by atoms with Crippen molar-refractivity contribution in [3.05, 3.63) is 11.8 Å². The third-order valence-electron chi connectivity index (χ3n) is 1.87. The Labute approximate surface area is 63.1 Å². The molecule has 0 heterocycles. The minimum absolute atomic E-state index is 0.704. The molecular formula is C9H16O. The van der Waals surface area contributed by atoms with Crippen molar-refractivity contribution < 1.29 is 4.74 Å². The average molecular weight is 140 g/mol. The summed E-state index contributed by atoms with van der Waals surface area (Å²) in [6, 6.07) is 0. The Morgan fingerprint density at radius 2 is 2.30 bits per heavy atom. The fourth-order valence-corrected chi connectivity index (χ4v) is 0.638. The van der Waals surface area contributed by atoms with Gasteiger partial charge in [-0.05, 0) is 24.3 Å². The molecule has 0 radical (unpaired) electrons. The van der Waals surface area contributed by atoms with Crippen LogP contribution in [0.3, 0.4) is 0 Å². The Hall–Kier alpha value is -0.460. The third-order valence-corrected chi connectivity index (χ3v) is 1.87. The zero-order valence-electron chi connectivity index (χ0n) is 6.89. The average Bonchev–Trinajstić information content (AvgIpc) is 2.71. The van der Waals surface area contributed by atoms with Gasteiger partial charge in [0, 0.05) is 0 Å². The Morgan fingerprint density at radius 3 is 2.80 bits per heavy atom. The summed E-state index contributed by atoms with van der Waals surface area (Å²) >= 11 is 0. The van der Waals surface area contributed by atoms with E-state index in [1.54, 1.807) is 0 Å². The maximum absolute atomic E-state index is 5.35. The molecule has 1 atom stereocenters. The second-order valence-electron chi connectivity index (χ2n) is 3.12. The van der Waals surface area contributed by atoms with Crippen molar-refractivity contribution in [2.75, 3.05) is 6.61 Å². The van der Waals surface area contributed by atoms with E-state index >= 15 is 0 Å². The molecular weight excluding hydrogens is 124 g/mol. The molecule has 1 fully saturated rings. The van der Waals surface area contributed by atoms with Gasteiger partial charge in [-0.2, -0.15) is 0 Å². The van der Waals surface area contributed by atoms with Crippen LogP contribution in [0.25, 0.3) is 0 Å². The SMILES string of the molecule is CCC(C)COC=C1CC1. The first-order chi connectivity index (χ1) is 4.83. The van der Waals surface area contributed by atoms with E-state index < -0.39 is 0 Å². The van der Waals surface area contributed by atoms with Crippen molar-refractivity contribution in [1.82, 2.24) is 0 Å². The predicted octanol–water partition coefficient (Wildman–Crippen LogP) is 2.73. The summed E-state index contributed by atoms with van der Waals surface area (Å²) in [6.45, 7) is 5.30. The van der Waals surface area contributed by atoms with Gasteiger partial charge in [0.2, 0.25) is 0 Å². The van der Waals surface area contributed by atoms with E-state index in [2.05, 4.69) is 13.8 Å². The topological polar surface area (TPSA) is 9.23 Å². The Kier molecular flexibility index (Phi) is 2.79. The molecule has 1 nitrogen and oxygen atoms in total. The second-order valence-corrected chi connectivity index (χ2v) is 3.12. The van der Waals surface area contributed by atoms with Crippen LogP contribution in [0.15, 0.2) is 11.8 Å². The van der Waals surface area contributed by atoms with Crippen LogP contribution in [0.1, 0.15) is 33.1 Å². The number of hydrogen-bond acceptors (Lipinski definition) is 1. The van der Waals surface area contributed by atoms with Crippen LogP contribution >= 0.6 is 0 Å². The minimum atomic E-state index is 0.704. The second kappa shape index (κ2) is 3.65. The maximum atomic E-state index is 5.35. The lowest BCUT2D eigenvalue weighted by molar-refractivity contribution is 0.199. The van der Waals surface area contributed by atoms with Gasteiger partial charge in [-0.15, -0.1) is 0 Å². The molecule has 1 saturated carbocycles. The molecule has 1 rings (SSSR count). The first kappa shape index (κ1) is 7.64. The van der Waals surface area contributed by atoms with Crippen LogP contribution in [-0.4, -0.2) is 6.61 Å². The molecule has 0 N–H and O–H groups in total. The quantitative estimate of drug-likeness (QED) is 0.545. The largest absolute Gasteiger partial charge is 0.501 e. The van der Waals surface area contributed by atoms with E-state index in [-0.39, 0.29) is 0 Å². The highest BCUT2D eigenvalue weighted by Crippen LogP contribution is 2.27. The van der Waals surface area contributed by atoms with Crippen LogP contribution in [0, 0.1) is 5.92 Å². The molecule has 0 aromatic rings. The van der Waals surface area contributed by atoms with Gasteiger partial charge in [-0.1, -0.05) is 20.3 Å². The van der Waals surface area contributed by atoms with E-state index in [0.717, 1.165) is 6.61 Å². The fraction of sp³-hybridized carbons (Fsp3) is 0.778. The van der Waals surface area contributed by atoms with Crippen molar-refractivity contribution in [2.24, 2.45) is 5.92 Å². The molecule has 1 aliphatic rings. The summed E-state index contributed by atoms with van der Waals surface area (Å²) in [6.07, 6.45) is 5.68. The number of hydrogen-bond donors (Lipinski definition) is 0. The first-order valence-corrected chi connectivity index (χ1v) is 4.12. The Bertz CT molecular complexity index is 121. The van der Waals surface area contributed by atoms with Crippen LogP contribution in [0.5, 0.6) is 0 Å². The zero-order valence-corrected chi connectivity index (χ0v) is 6.89. The van der Waals surface area contributed by atoms with E-state index in [4.69, 9.17) is 4.74 Å². The summed E-state index contributed by atoms with van der Waals surface area (Å²) < 4.78 is 5.35. The predicted molar refractivity (Wildman–Crippen MR) is 42.7 cm³/mol. The number of ether oxygens (including phenoxy) is 1. The normalized spacial score (nSPS) is 18.4. The van der Waals surface area contributed by atoms with Gasteiger partial charge in [0.15, 0.2) is 0 Å². The van der Waals surface area contributed by atoms with Crippen molar-refractivity contribution in [3.63, 3.8) is 0 Å². The van der Waals surface area contributed by atoms with Crippen LogP contribution in [0.2, 0.25) is 0 Å². The highest BCUT2D eigenvalue weighted by molar-refractivity contribution is 5.13. The number of allylic oxidation sites excluding steroid dienone is 1. The van der Waals surface area contributed by atoms with E-state index in [9.17, 15) is 0 Å². The molecule has 0 aliphatic heterocycles. The lowest BCUT2D eigenvalue weighted by atomic mass is 10.1. The molecule has 1 unspecified atom stereocenters. The molecule has 0 saturated heterocycles.